The molecule has 13 nitrogen and oxygen atoms in total. The first kappa shape index (κ1) is 34.8. The molecule has 0 bridgehead atoms. The van der Waals surface area contributed by atoms with Crippen LogP contribution in [-0.2, 0) is 24.4 Å². The van der Waals surface area contributed by atoms with Gasteiger partial charge in [0.2, 0.25) is 11.9 Å². The third-order valence-electron chi connectivity index (χ3n) is 8.99. The summed E-state index contributed by atoms with van der Waals surface area (Å²) in [5.74, 6) is 0.337. The molecule has 0 aliphatic carbocycles. The van der Waals surface area contributed by atoms with E-state index in [1.165, 1.54) is 31.4 Å². The van der Waals surface area contributed by atoms with E-state index in [0.29, 0.717) is 17.0 Å². The first-order valence-corrected chi connectivity index (χ1v) is 16.0. The van der Waals surface area contributed by atoms with E-state index >= 15 is 0 Å². The molecule has 0 radical (unpaired) electrons. The molecule has 2 aromatic heterocycles. The second kappa shape index (κ2) is 14.8. The van der Waals surface area contributed by atoms with Crippen LogP contribution < -0.4 is 0 Å². The molecule has 6 atom stereocenters. The Bertz CT molecular complexity index is 1840. The molecule has 3 aromatic carbocycles. The summed E-state index contributed by atoms with van der Waals surface area (Å²) in [6, 6.07) is 31.3. The van der Waals surface area contributed by atoms with Gasteiger partial charge >= 0.3 is 0 Å². The zero-order valence-corrected chi connectivity index (χ0v) is 28.1. The monoisotopic (exact) mass is 677 g/mol. The molecule has 1 fully saturated rings. The number of aliphatic hydroxyl groups excluding tert-OH is 2. The lowest BCUT2D eigenvalue weighted by atomic mass is 9.59. The SMILES string of the molecule is COC(OC[C@H]1O[C@@H](n2cnc3c(N=CN(C)C)ncnc32)C(O)C1O)C(C#N)(OC)C(c1ccccc1)(c1ccccc1)c1ccccc1. The van der Waals surface area contributed by atoms with Crippen LogP contribution in [0.15, 0.2) is 109 Å². The average molecular weight is 678 g/mol. The molecule has 0 amide bonds. The number of methoxy groups -OCH3 is 2. The highest BCUT2D eigenvalue weighted by molar-refractivity contribution is 5.83. The number of benzene rings is 3. The van der Waals surface area contributed by atoms with Crippen molar-refractivity contribution in [1.29, 1.82) is 5.26 Å². The van der Waals surface area contributed by atoms with Crippen LogP contribution in [0.3, 0.4) is 0 Å². The fourth-order valence-electron chi connectivity index (χ4n) is 6.74. The zero-order valence-electron chi connectivity index (χ0n) is 28.1. The Hall–Kier alpha value is -5.07. The average Bonchev–Trinajstić information content (AvgIpc) is 3.71. The Morgan fingerprint density at radius 1 is 0.920 bits per heavy atom. The van der Waals surface area contributed by atoms with Gasteiger partial charge in [0.1, 0.15) is 30.7 Å². The third-order valence-corrected chi connectivity index (χ3v) is 8.99. The van der Waals surface area contributed by atoms with Crippen LogP contribution in [0.1, 0.15) is 22.9 Å². The van der Waals surface area contributed by atoms with E-state index in [9.17, 15) is 15.5 Å². The molecule has 50 heavy (non-hydrogen) atoms. The van der Waals surface area contributed by atoms with Crippen LogP contribution in [0.4, 0.5) is 5.82 Å². The van der Waals surface area contributed by atoms with Gasteiger partial charge in [-0.1, -0.05) is 91.0 Å². The van der Waals surface area contributed by atoms with Gasteiger partial charge in [0.15, 0.2) is 23.2 Å². The van der Waals surface area contributed by atoms with E-state index < -0.39 is 41.8 Å². The Morgan fingerprint density at radius 2 is 1.50 bits per heavy atom. The normalized spacial score (nSPS) is 21.2. The van der Waals surface area contributed by atoms with Gasteiger partial charge in [-0.3, -0.25) is 4.57 Å². The number of rotatable bonds is 13. The van der Waals surface area contributed by atoms with Crippen molar-refractivity contribution in [1.82, 2.24) is 24.4 Å². The molecule has 5 aromatic rings. The molecule has 1 saturated heterocycles. The van der Waals surface area contributed by atoms with Crippen LogP contribution in [0.25, 0.3) is 11.2 Å². The summed E-state index contributed by atoms with van der Waals surface area (Å²) < 4.78 is 26.4. The van der Waals surface area contributed by atoms with E-state index in [4.69, 9.17) is 18.9 Å². The standard InChI is InChI=1S/C37H39N7O6/c1-43(2)23-42-32-29-33(40-22-39-32)44(24-41-29)34-31(46)30(45)28(50-34)20-49-35(47-3)36(21-38,48-4)37(25-14-8-5-9-15-25,26-16-10-6-11-17-26)27-18-12-7-13-19-27/h5-19,22-24,28,30-31,34-35,45-46H,20H2,1-4H3/t28-,30?,31?,34-,35?,36?/m1/s1. The van der Waals surface area contributed by atoms with Crippen molar-refractivity contribution in [2.45, 2.75) is 41.8 Å². The fourth-order valence-corrected chi connectivity index (χ4v) is 6.74. The minimum atomic E-state index is -1.84. The van der Waals surface area contributed by atoms with Crippen molar-refractivity contribution < 1.29 is 29.2 Å². The molecule has 2 N–H and O–H groups in total. The number of nitrogens with zero attached hydrogens (tertiary/aromatic N) is 7. The Kier molecular flexibility index (Phi) is 10.3. The van der Waals surface area contributed by atoms with Crippen molar-refractivity contribution in [2.24, 2.45) is 4.99 Å². The molecular weight excluding hydrogens is 638 g/mol. The molecule has 1 aliphatic heterocycles. The van der Waals surface area contributed by atoms with Gasteiger partial charge < -0.3 is 34.1 Å². The number of ether oxygens (including phenoxy) is 4. The van der Waals surface area contributed by atoms with Gasteiger partial charge in [-0.05, 0) is 16.7 Å². The predicted molar refractivity (Wildman–Crippen MR) is 184 cm³/mol. The van der Waals surface area contributed by atoms with Crippen LogP contribution in [0.2, 0.25) is 0 Å². The quantitative estimate of drug-likeness (QED) is 0.0811. The molecule has 13 heteroatoms. The number of hydrogen-bond donors (Lipinski definition) is 2. The Morgan fingerprint density at radius 3 is 2.00 bits per heavy atom. The van der Waals surface area contributed by atoms with Gasteiger partial charge in [0, 0.05) is 28.3 Å². The number of aromatic nitrogens is 4. The Balaban J connectivity index is 1.36. The minimum Gasteiger partial charge on any atom is -0.387 e. The number of hydrogen-bond acceptors (Lipinski definition) is 11. The topological polar surface area (TPSA) is 160 Å². The minimum absolute atomic E-state index is 0.269. The molecule has 0 saturated carbocycles. The maximum Gasteiger partial charge on any atom is 0.222 e. The van der Waals surface area contributed by atoms with Crippen LogP contribution in [0.5, 0.6) is 0 Å². The largest absolute Gasteiger partial charge is 0.387 e. The van der Waals surface area contributed by atoms with E-state index in [1.54, 1.807) is 11.2 Å². The summed E-state index contributed by atoms with van der Waals surface area (Å²) in [6.45, 7) is -0.269. The lowest BCUT2D eigenvalue weighted by Gasteiger charge is -2.49. The van der Waals surface area contributed by atoms with Gasteiger partial charge in [0.25, 0.3) is 0 Å². The summed E-state index contributed by atoms with van der Waals surface area (Å²) >= 11 is 0. The van der Waals surface area contributed by atoms with Crippen LogP contribution in [-0.4, -0.2) is 106 Å². The van der Waals surface area contributed by atoms with Crippen molar-refractivity contribution >= 4 is 23.3 Å². The number of aliphatic hydroxyl groups is 2. The highest BCUT2D eigenvalue weighted by atomic mass is 16.7. The molecule has 1 aliphatic rings. The summed E-state index contributed by atoms with van der Waals surface area (Å²) in [5.41, 5.74) is -0.0610. The van der Waals surface area contributed by atoms with Crippen molar-refractivity contribution in [3.63, 3.8) is 0 Å². The molecule has 3 heterocycles. The predicted octanol–water partition coefficient (Wildman–Crippen LogP) is 3.60. The number of imidazole rings is 1. The van der Waals surface area contributed by atoms with Gasteiger partial charge in [-0.25, -0.2) is 19.9 Å². The molecule has 258 valence electrons. The van der Waals surface area contributed by atoms with E-state index in [2.05, 4.69) is 26.0 Å². The second-order valence-electron chi connectivity index (χ2n) is 12.1. The first-order chi connectivity index (χ1) is 24.3. The van der Waals surface area contributed by atoms with E-state index in [1.807, 2.05) is 105 Å². The summed E-state index contributed by atoms with van der Waals surface area (Å²) in [5, 5.41) is 33.6. The number of nitriles is 1. The van der Waals surface area contributed by atoms with Gasteiger partial charge in [-0.15, -0.1) is 0 Å². The molecule has 4 unspecified atom stereocenters. The van der Waals surface area contributed by atoms with Crippen LogP contribution in [0, 0.1) is 11.3 Å². The lowest BCUT2D eigenvalue weighted by molar-refractivity contribution is -0.241. The molecule has 0 spiro atoms. The summed E-state index contributed by atoms with van der Waals surface area (Å²) in [7, 11) is 6.54. The van der Waals surface area contributed by atoms with Gasteiger partial charge in [-0.2, -0.15) is 5.26 Å². The number of fused-ring (bicyclic) bond motifs is 1. The third kappa shape index (κ3) is 5.92. The maximum absolute atomic E-state index is 11.3. The number of aliphatic imine (C=N–C) groups is 1. The van der Waals surface area contributed by atoms with Crippen molar-refractivity contribution in [3.8, 4) is 6.07 Å². The Labute approximate surface area is 290 Å². The van der Waals surface area contributed by atoms with E-state index in [-0.39, 0.29) is 6.61 Å². The second-order valence-corrected chi connectivity index (χ2v) is 12.1. The summed E-state index contributed by atoms with van der Waals surface area (Å²) in [4.78, 5) is 19.1. The van der Waals surface area contributed by atoms with Gasteiger partial charge in [0.05, 0.1) is 24.7 Å². The van der Waals surface area contributed by atoms with Crippen molar-refractivity contribution in [3.05, 3.63) is 120 Å². The van der Waals surface area contributed by atoms with Crippen LogP contribution >= 0.6 is 0 Å². The first-order valence-electron chi connectivity index (χ1n) is 16.0. The molecular formula is C37H39N7O6. The molecule has 6 rings (SSSR count). The fraction of sp³-hybridized carbons (Fsp3) is 0.324. The van der Waals surface area contributed by atoms with E-state index in [0.717, 1.165) is 16.7 Å². The lowest BCUT2D eigenvalue weighted by Crippen LogP contribution is -2.62. The van der Waals surface area contributed by atoms with Crippen molar-refractivity contribution in [2.75, 3.05) is 34.9 Å². The maximum atomic E-state index is 11.3. The summed E-state index contributed by atoms with van der Waals surface area (Å²) in [6.07, 6.45) is -1.78. The zero-order chi connectivity index (χ0) is 35.3. The highest BCUT2D eigenvalue weighted by Crippen LogP contribution is 2.51. The smallest absolute Gasteiger partial charge is 0.222 e. The highest BCUT2D eigenvalue weighted by Gasteiger charge is 2.62.